The highest BCUT2D eigenvalue weighted by molar-refractivity contribution is 7.92. The van der Waals surface area contributed by atoms with Crippen LogP contribution in [0.3, 0.4) is 0 Å². The summed E-state index contributed by atoms with van der Waals surface area (Å²) in [4.78, 5) is 13.3. The minimum atomic E-state index is -3.80. The summed E-state index contributed by atoms with van der Waals surface area (Å²) >= 11 is 0. The van der Waals surface area contributed by atoms with Gasteiger partial charge < -0.3 is 9.64 Å². The number of ether oxygens (including phenoxy) is 1. The lowest BCUT2D eigenvalue weighted by Gasteiger charge is -2.26. The summed E-state index contributed by atoms with van der Waals surface area (Å²) in [5, 5.41) is 0. The molecule has 2 aromatic carbocycles. The van der Waals surface area contributed by atoms with Gasteiger partial charge in [0.05, 0.1) is 11.5 Å². The van der Waals surface area contributed by atoms with Crippen LogP contribution < -0.4 is 9.62 Å². The number of benzene rings is 2. The smallest absolute Gasteiger partial charge is 0.261 e. The Bertz CT molecular complexity index is 835. The average Bonchev–Trinajstić information content (AvgIpc) is 2.56. The molecule has 1 N–H and O–H groups in total. The quantitative estimate of drug-likeness (QED) is 0.915. The zero-order chi connectivity index (χ0) is 17.2. The highest BCUT2D eigenvalue weighted by Crippen LogP contribution is 2.22. The first-order valence-corrected chi connectivity index (χ1v) is 8.70. The third-order valence-corrected chi connectivity index (χ3v) is 4.94. The minimum Gasteiger partial charge on any atom is -0.370 e. The number of halogens is 1. The predicted molar refractivity (Wildman–Crippen MR) is 86.8 cm³/mol. The summed E-state index contributed by atoms with van der Waals surface area (Å²) < 4.78 is 44.9. The standard InChI is InChI=1S/C16H15FN2O4S/c17-12-1-7-15(8-2-12)24(21,22)18-13-3-5-14(6-4-13)19-9-10-23-11-16(19)20/h1-8,18H,9-11H2. The number of carbonyl (C=O) groups is 1. The van der Waals surface area contributed by atoms with Gasteiger partial charge in [0.1, 0.15) is 12.4 Å². The van der Waals surface area contributed by atoms with Crippen LogP contribution in [0.1, 0.15) is 0 Å². The van der Waals surface area contributed by atoms with Crippen molar-refractivity contribution in [2.75, 3.05) is 29.4 Å². The number of hydrogen-bond acceptors (Lipinski definition) is 4. The van der Waals surface area contributed by atoms with Crippen LogP contribution in [-0.2, 0) is 19.6 Å². The molecule has 1 saturated heterocycles. The van der Waals surface area contributed by atoms with Crippen LogP contribution in [-0.4, -0.2) is 34.1 Å². The van der Waals surface area contributed by atoms with Gasteiger partial charge in [-0.3, -0.25) is 9.52 Å². The third kappa shape index (κ3) is 3.55. The summed E-state index contributed by atoms with van der Waals surface area (Å²) in [7, 11) is -3.80. The first-order chi connectivity index (χ1) is 11.5. The summed E-state index contributed by atoms with van der Waals surface area (Å²) in [5.74, 6) is -0.644. The molecule has 24 heavy (non-hydrogen) atoms. The molecule has 0 saturated carbocycles. The van der Waals surface area contributed by atoms with Crippen LogP contribution >= 0.6 is 0 Å². The molecule has 2 aromatic rings. The predicted octanol–water partition coefficient (Wildman–Crippen LogP) is 1.99. The van der Waals surface area contributed by atoms with E-state index < -0.39 is 15.8 Å². The molecular weight excluding hydrogens is 335 g/mol. The first-order valence-electron chi connectivity index (χ1n) is 7.22. The molecule has 8 heteroatoms. The Hall–Kier alpha value is -2.45. The number of carbonyl (C=O) groups excluding carboxylic acids is 1. The van der Waals surface area contributed by atoms with E-state index in [0.29, 0.717) is 24.5 Å². The number of sulfonamides is 1. The Balaban J connectivity index is 1.76. The maximum atomic E-state index is 12.9. The van der Waals surface area contributed by atoms with Crippen LogP contribution in [0.25, 0.3) is 0 Å². The number of amides is 1. The molecular formula is C16H15FN2O4S. The van der Waals surface area contributed by atoms with Crippen molar-refractivity contribution in [3.63, 3.8) is 0 Å². The van der Waals surface area contributed by atoms with Crippen LogP contribution in [0.4, 0.5) is 15.8 Å². The second-order valence-corrected chi connectivity index (χ2v) is 6.89. The van der Waals surface area contributed by atoms with Crippen molar-refractivity contribution in [1.29, 1.82) is 0 Å². The van der Waals surface area contributed by atoms with Crippen LogP contribution in [0.5, 0.6) is 0 Å². The van der Waals surface area contributed by atoms with Gasteiger partial charge in [0.25, 0.3) is 15.9 Å². The lowest BCUT2D eigenvalue weighted by molar-refractivity contribution is -0.125. The van der Waals surface area contributed by atoms with Gasteiger partial charge in [0.2, 0.25) is 0 Å². The fourth-order valence-electron chi connectivity index (χ4n) is 2.33. The zero-order valence-corrected chi connectivity index (χ0v) is 13.4. The molecule has 0 spiro atoms. The Morgan fingerprint density at radius 3 is 2.33 bits per heavy atom. The second-order valence-electron chi connectivity index (χ2n) is 5.20. The molecule has 0 aliphatic carbocycles. The zero-order valence-electron chi connectivity index (χ0n) is 12.6. The lowest BCUT2D eigenvalue weighted by Crippen LogP contribution is -2.41. The minimum absolute atomic E-state index is 0.0312. The maximum absolute atomic E-state index is 12.9. The van der Waals surface area contributed by atoms with Gasteiger partial charge in [-0.05, 0) is 48.5 Å². The van der Waals surface area contributed by atoms with E-state index in [1.807, 2.05) is 0 Å². The van der Waals surface area contributed by atoms with E-state index in [1.165, 1.54) is 12.1 Å². The molecule has 1 aliphatic heterocycles. The Kier molecular flexibility index (Phi) is 4.50. The Morgan fingerprint density at radius 2 is 1.71 bits per heavy atom. The number of morpholine rings is 1. The molecule has 0 aromatic heterocycles. The molecule has 126 valence electrons. The van der Waals surface area contributed by atoms with Crippen molar-refractivity contribution in [2.45, 2.75) is 4.90 Å². The summed E-state index contributed by atoms with van der Waals surface area (Å²) in [5.41, 5.74) is 1.02. The van der Waals surface area contributed by atoms with Crippen molar-refractivity contribution in [3.05, 3.63) is 54.3 Å². The Morgan fingerprint density at radius 1 is 1.04 bits per heavy atom. The van der Waals surface area contributed by atoms with Crippen molar-refractivity contribution >= 4 is 27.3 Å². The number of anilines is 2. The first kappa shape index (κ1) is 16.4. The van der Waals surface area contributed by atoms with Gasteiger partial charge in [-0.1, -0.05) is 0 Å². The fourth-order valence-corrected chi connectivity index (χ4v) is 3.39. The molecule has 0 atom stereocenters. The molecule has 1 heterocycles. The molecule has 0 bridgehead atoms. The van der Waals surface area contributed by atoms with Gasteiger partial charge in [-0.25, -0.2) is 12.8 Å². The normalized spacial score (nSPS) is 15.4. The monoisotopic (exact) mass is 350 g/mol. The SMILES string of the molecule is O=C1COCCN1c1ccc(NS(=O)(=O)c2ccc(F)cc2)cc1. The van der Waals surface area contributed by atoms with Gasteiger partial charge in [-0.15, -0.1) is 0 Å². The van der Waals surface area contributed by atoms with Crippen molar-refractivity contribution in [2.24, 2.45) is 0 Å². The van der Waals surface area contributed by atoms with E-state index in [2.05, 4.69) is 4.72 Å². The van der Waals surface area contributed by atoms with E-state index in [1.54, 1.807) is 29.2 Å². The van der Waals surface area contributed by atoms with Crippen molar-refractivity contribution < 1.29 is 22.3 Å². The van der Waals surface area contributed by atoms with E-state index in [0.717, 1.165) is 12.1 Å². The molecule has 1 amide bonds. The molecule has 1 fully saturated rings. The number of rotatable bonds is 4. The lowest BCUT2D eigenvalue weighted by atomic mass is 10.2. The largest absolute Gasteiger partial charge is 0.370 e. The summed E-state index contributed by atoms with van der Waals surface area (Å²) in [6.07, 6.45) is 0. The topological polar surface area (TPSA) is 75.7 Å². The highest BCUT2D eigenvalue weighted by Gasteiger charge is 2.20. The van der Waals surface area contributed by atoms with Crippen LogP contribution in [0.2, 0.25) is 0 Å². The van der Waals surface area contributed by atoms with E-state index in [9.17, 15) is 17.6 Å². The maximum Gasteiger partial charge on any atom is 0.261 e. The van der Waals surface area contributed by atoms with E-state index in [-0.39, 0.29) is 17.4 Å². The van der Waals surface area contributed by atoms with Crippen LogP contribution in [0, 0.1) is 5.82 Å². The highest BCUT2D eigenvalue weighted by atomic mass is 32.2. The molecule has 0 unspecified atom stereocenters. The molecule has 0 radical (unpaired) electrons. The fraction of sp³-hybridized carbons (Fsp3) is 0.188. The average molecular weight is 350 g/mol. The second kappa shape index (κ2) is 6.58. The number of nitrogens with zero attached hydrogens (tertiary/aromatic N) is 1. The van der Waals surface area contributed by atoms with Gasteiger partial charge in [0, 0.05) is 17.9 Å². The van der Waals surface area contributed by atoms with E-state index in [4.69, 9.17) is 4.74 Å². The van der Waals surface area contributed by atoms with Crippen LogP contribution in [0.15, 0.2) is 53.4 Å². The molecule has 1 aliphatic rings. The summed E-state index contributed by atoms with van der Waals surface area (Å²) in [6.45, 7) is 0.961. The van der Waals surface area contributed by atoms with Gasteiger partial charge in [0.15, 0.2) is 0 Å². The molecule has 6 nitrogen and oxygen atoms in total. The third-order valence-electron chi connectivity index (χ3n) is 3.54. The van der Waals surface area contributed by atoms with Gasteiger partial charge >= 0.3 is 0 Å². The Labute approximate surface area is 138 Å². The molecule has 3 rings (SSSR count). The number of nitrogens with one attached hydrogen (secondary N) is 1. The van der Waals surface area contributed by atoms with E-state index >= 15 is 0 Å². The van der Waals surface area contributed by atoms with Gasteiger partial charge in [-0.2, -0.15) is 0 Å². The van der Waals surface area contributed by atoms with Crippen molar-refractivity contribution in [3.8, 4) is 0 Å². The van der Waals surface area contributed by atoms with Crippen molar-refractivity contribution in [1.82, 2.24) is 0 Å². The summed E-state index contributed by atoms with van der Waals surface area (Å²) in [6, 6.07) is 11.0. The number of hydrogen-bond donors (Lipinski definition) is 1.